The molecule has 0 radical (unpaired) electrons. The molecule has 2 heteroatoms. The summed E-state index contributed by atoms with van der Waals surface area (Å²) in [5.74, 6) is 0. The summed E-state index contributed by atoms with van der Waals surface area (Å²) in [5, 5.41) is 0. The molecule has 0 aliphatic rings. The van der Waals surface area contributed by atoms with Crippen molar-refractivity contribution in [2.24, 2.45) is 0 Å². The second-order valence-corrected chi connectivity index (χ2v) is 6.68. The van der Waals surface area contributed by atoms with Gasteiger partial charge in [-0.15, -0.1) is 0 Å². The number of nitrogens with zero attached hydrogens (tertiary/aromatic N) is 1. The highest BCUT2D eigenvalue weighted by Crippen LogP contribution is 2.36. The third kappa shape index (κ3) is 4.33. The van der Waals surface area contributed by atoms with Crippen LogP contribution in [-0.2, 0) is 0 Å². The van der Waals surface area contributed by atoms with Crippen molar-refractivity contribution < 1.29 is 4.79 Å². The molecule has 0 aliphatic carbocycles. The molecule has 0 aromatic heterocycles. The van der Waals surface area contributed by atoms with Gasteiger partial charge in [0, 0.05) is 16.9 Å². The standard InChI is InChI=1S/C27H21NO/c29-21-23-17-15-22(16-18-23)19-20-24-9-7-8-14-27(24)28(25-10-3-1-4-11-25)26-12-5-2-6-13-26/h1-21H/b20-19+. The first kappa shape index (κ1) is 18.5. The van der Waals surface area contributed by atoms with Crippen molar-refractivity contribution in [3.8, 4) is 0 Å². The fourth-order valence-corrected chi connectivity index (χ4v) is 3.29. The molecule has 29 heavy (non-hydrogen) atoms. The molecule has 0 unspecified atom stereocenters. The minimum absolute atomic E-state index is 0.682. The van der Waals surface area contributed by atoms with E-state index in [1.807, 2.05) is 42.5 Å². The summed E-state index contributed by atoms with van der Waals surface area (Å²) < 4.78 is 0. The summed E-state index contributed by atoms with van der Waals surface area (Å²) in [6, 6.07) is 36.7. The lowest BCUT2D eigenvalue weighted by Gasteiger charge is -2.27. The van der Waals surface area contributed by atoms with E-state index in [4.69, 9.17) is 0 Å². The van der Waals surface area contributed by atoms with Crippen LogP contribution in [0.3, 0.4) is 0 Å². The molecule has 0 bridgehead atoms. The number of carbonyl (C=O) groups excluding carboxylic acids is 1. The number of hydrogen-bond donors (Lipinski definition) is 0. The quantitative estimate of drug-likeness (QED) is 0.264. The van der Waals surface area contributed by atoms with E-state index in [1.54, 1.807) is 0 Å². The molecule has 0 amide bonds. The van der Waals surface area contributed by atoms with Gasteiger partial charge in [0.2, 0.25) is 0 Å². The van der Waals surface area contributed by atoms with Gasteiger partial charge in [-0.2, -0.15) is 0 Å². The molecule has 4 rings (SSSR count). The van der Waals surface area contributed by atoms with Gasteiger partial charge in [0.15, 0.2) is 0 Å². The molecule has 0 spiro atoms. The Balaban J connectivity index is 1.76. The zero-order chi connectivity index (χ0) is 19.9. The number of anilines is 3. The average molecular weight is 375 g/mol. The summed E-state index contributed by atoms with van der Waals surface area (Å²) in [4.78, 5) is 13.1. The molecule has 0 N–H and O–H groups in total. The van der Waals surface area contributed by atoms with Crippen molar-refractivity contribution >= 4 is 35.5 Å². The van der Waals surface area contributed by atoms with Crippen LogP contribution in [0.2, 0.25) is 0 Å². The highest BCUT2D eigenvalue weighted by Gasteiger charge is 2.14. The lowest BCUT2D eigenvalue weighted by Crippen LogP contribution is -2.10. The molecule has 0 fully saturated rings. The minimum atomic E-state index is 0.682. The number of aldehydes is 1. The minimum Gasteiger partial charge on any atom is -0.310 e. The van der Waals surface area contributed by atoms with Crippen LogP contribution in [0.5, 0.6) is 0 Å². The van der Waals surface area contributed by atoms with Crippen LogP contribution in [0.15, 0.2) is 109 Å². The maximum Gasteiger partial charge on any atom is 0.150 e. The number of para-hydroxylation sites is 3. The summed E-state index contributed by atoms with van der Waals surface area (Å²) in [6.07, 6.45) is 5.05. The molecule has 0 saturated carbocycles. The molecular formula is C27H21NO. The molecular weight excluding hydrogens is 354 g/mol. The fourth-order valence-electron chi connectivity index (χ4n) is 3.29. The number of carbonyl (C=O) groups is 1. The zero-order valence-electron chi connectivity index (χ0n) is 16.0. The molecule has 0 atom stereocenters. The summed E-state index contributed by atoms with van der Waals surface area (Å²) >= 11 is 0. The second kappa shape index (κ2) is 8.85. The highest BCUT2D eigenvalue weighted by molar-refractivity contribution is 5.85. The van der Waals surface area contributed by atoms with Crippen LogP contribution >= 0.6 is 0 Å². The molecule has 2 nitrogen and oxygen atoms in total. The maximum absolute atomic E-state index is 10.9. The number of rotatable bonds is 6. The van der Waals surface area contributed by atoms with Crippen molar-refractivity contribution in [3.63, 3.8) is 0 Å². The Kier molecular flexibility index (Phi) is 5.63. The van der Waals surface area contributed by atoms with E-state index in [9.17, 15) is 4.79 Å². The van der Waals surface area contributed by atoms with Crippen LogP contribution in [0, 0.1) is 0 Å². The molecule has 4 aromatic carbocycles. The van der Waals surface area contributed by atoms with Gasteiger partial charge in [-0.25, -0.2) is 0 Å². The zero-order valence-corrected chi connectivity index (χ0v) is 16.0. The van der Waals surface area contributed by atoms with E-state index in [0.29, 0.717) is 5.56 Å². The van der Waals surface area contributed by atoms with Crippen LogP contribution in [-0.4, -0.2) is 6.29 Å². The summed E-state index contributed by atoms with van der Waals surface area (Å²) in [6.45, 7) is 0. The molecule has 140 valence electrons. The first-order valence-corrected chi connectivity index (χ1v) is 9.58. The predicted octanol–water partition coefficient (Wildman–Crippen LogP) is 7.14. The number of hydrogen-bond acceptors (Lipinski definition) is 2. The van der Waals surface area contributed by atoms with Crippen molar-refractivity contribution in [1.29, 1.82) is 0 Å². The smallest absolute Gasteiger partial charge is 0.150 e. The normalized spacial score (nSPS) is 10.8. The average Bonchev–Trinajstić information content (AvgIpc) is 2.80. The van der Waals surface area contributed by atoms with Gasteiger partial charge in [-0.05, 0) is 41.5 Å². The number of benzene rings is 4. The Hall–Kier alpha value is -3.91. The first-order chi connectivity index (χ1) is 14.3. The lowest BCUT2D eigenvalue weighted by atomic mass is 10.1. The first-order valence-electron chi connectivity index (χ1n) is 9.58. The van der Waals surface area contributed by atoms with Crippen LogP contribution < -0.4 is 4.90 Å². The highest BCUT2D eigenvalue weighted by atomic mass is 16.1. The van der Waals surface area contributed by atoms with Gasteiger partial charge in [-0.1, -0.05) is 91.0 Å². The van der Waals surface area contributed by atoms with Crippen molar-refractivity contribution in [2.75, 3.05) is 4.90 Å². The fraction of sp³-hybridized carbons (Fsp3) is 0. The summed E-state index contributed by atoms with van der Waals surface area (Å²) in [7, 11) is 0. The van der Waals surface area contributed by atoms with E-state index in [2.05, 4.69) is 83.8 Å². The topological polar surface area (TPSA) is 20.3 Å². The summed E-state index contributed by atoms with van der Waals surface area (Å²) in [5.41, 5.74) is 6.16. The van der Waals surface area contributed by atoms with E-state index < -0.39 is 0 Å². The third-order valence-electron chi connectivity index (χ3n) is 4.73. The van der Waals surface area contributed by atoms with Crippen molar-refractivity contribution in [3.05, 3.63) is 126 Å². The van der Waals surface area contributed by atoms with Gasteiger partial charge < -0.3 is 4.90 Å². The Labute approximate surface area is 171 Å². The van der Waals surface area contributed by atoms with Gasteiger partial charge >= 0.3 is 0 Å². The molecule has 4 aromatic rings. The molecule has 0 aliphatic heterocycles. The van der Waals surface area contributed by atoms with E-state index in [-0.39, 0.29) is 0 Å². The Morgan fingerprint density at radius 2 is 1.03 bits per heavy atom. The van der Waals surface area contributed by atoms with E-state index in [1.165, 1.54) is 0 Å². The predicted molar refractivity (Wildman–Crippen MR) is 122 cm³/mol. The van der Waals surface area contributed by atoms with Crippen LogP contribution in [0.25, 0.3) is 12.2 Å². The van der Waals surface area contributed by atoms with E-state index in [0.717, 1.165) is 34.5 Å². The lowest BCUT2D eigenvalue weighted by molar-refractivity contribution is 0.112. The van der Waals surface area contributed by atoms with Crippen LogP contribution in [0.1, 0.15) is 21.5 Å². The van der Waals surface area contributed by atoms with Gasteiger partial charge in [0.1, 0.15) is 6.29 Å². The monoisotopic (exact) mass is 375 g/mol. The Bertz CT molecular complexity index is 1060. The van der Waals surface area contributed by atoms with Gasteiger partial charge in [0.25, 0.3) is 0 Å². The Morgan fingerprint density at radius 3 is 1.62 bits per heavy atom. The van der Waals surface area contributed by atoms with Gasteiger partial charge in [-0.3, -0.25) is 4.79 Å². The van der Waals surface area contributed by atoms with E-state index >= 15 is 0 Å². The van der Waals surface area contributed by atoms with Crippen LogP contribution in [0.4, 0.5) is 17.1 Å². The van der Waals surface area contributed by atoms with Crippen molar-refractivity contribution in [1.82, 2.24) is 0 Å². The maximum atomic E-state index is 10.9. The molecule has 0 saturated heterocycles. The third-order valence-corrected chi connectivity index (χ3v) is 4.73. The Morgan fingerprint density at radius 1 is 0.517 bits per heavy atom. The second-order valence-electron chi connectivity index (χ2n) is 6.68. The molecule has 0 heterocycles. The largest absolute Gasteiger partial charge is 0.310 e. The van der Waals surface area contributed by atoms with Gasteiger partial charge in [0.05, 0.1) is 5.69 Å². The SMILES string of the molecule is O=Cc1ccc(/C=C/c2ccccc2N(c2ccccc2)c2ccccc2)cc1. The van der Waals surface area contributed by atoms with Crippen molar-refractivity contribution in [2.45, 2.75) is 0 Å².